The van der Waals surface area contributed by atoms with Crippen LogP contribution in [0.2, 0.25) is 0 Å². The molecule has 4 heterocycles. The summed E-state index contributed by atoms with van der Waals surface area (Å²) in [6, 6.07) is 0. The summed E-state index contributed by atoms with van der Waals surface area (Å²) in [5, 5.41) is 143. The molecule has 4 aliphatic rings. The molecule has 0 aromatic rings. The molecule has 20 atom stereocenters. The molecular formula is C24H42O21. The molecule has 0 aliphatic carbocycles. The van der Waals surface area contributed by atoms with Crippen molar-refractivity contribution in [2.75, 3.05) is 26.4 Å². The SMILES string of the molecule is OC[C@H]1O[C@H](O[C@@H]2[C@@H](O)[C@@H](O[C@H]3[C@H](O)[C@@H](O)[C@@H](O[C@H]4[C@H](O)[C@@H](CO)OC(O)[C@@H]4O)O[C@@H]3CO)O[C@H](CO)[C@H]2O)[C@H](O)[C@@H](O)[C@@H]1O. The number of rotatable bonds is 10. The van der Waals surface area contributed by atoms with Gasteiger partial charge in [-0.1, -0.05) is 0 Å². The average Bonchev–Trinajstić information content (AvgIpc) is 3.03. The standard InChI is InChI=1S/C24H42O21/c25-1-5-9(29)12(32)14(34)22(40-5)45-20-11(31)7(3-27)41-24(17(20)37)43-18-8(4-28)42-23(15(35)13(18)33)44-19-10(30)6(2-26)39-21(38)16(19)36/h5-38H,1-4H2/t5-,6-,7-,8-,9-,10-,11-,12+,13-,14-,15-,16-,17-,18-,19+,20+,21?,22-,23-,24-/m1/s1. The Morgan fingerprint density at radius 2 is 0.711 bits per heavy atom. The molecule has 0 aromatic carbocycles. The van der Waals surface area contributed by atoms with Gasteiger partial charge < -0.3 is 105 Å². The molecule has 4 saturated heterocycles. The first kappa shape index (κ1) is 37.0. The Kier molecular flexibility index (Phi) is 12.8. The van der Waals surface area contributed by atoms with Crippen molar-refractivity contribution in [3.8, 4) is 0 Å². The molecule has 0 aromatic heterocycles. The molecule has 4 fully saturated rings. The monoisotopic (exact) mass is 666 g/mol. The van der Waals surface area contributed by atoms with E-state index in [0.717, 1.165) is 0 Å². The van der Waals surface area contributed by atoms with E-state index in [1.54, 1.807) is 0 Å². The van der Waals surface area contributed by atoms with Gasteiger partial charge in [0.2, 0.25) is 0 Å². The Morgan fingerprint density at radius 3 is 1.22 bits per heavy atom. The molecule has 0 amide bonds. The minimum atomic E-state index is -2.04. The van der Waals surface area contributed by atoms with Crippen LogP contribution in [0.3, 0.4) is 0 Å². The number of ether oxygens (including phenoxy) is 7. The fraction of sp³-hybridized carbons (Fsp3) is 1.00. The van der Waals surface area contributed by atoms with E-state index in [1.807, 2.05) is 0 Å². The minimum Gasteiger partial charge on any atom is -0.394 e. The largest absolute Gasteiger partial charge is 0.394 e. The van der Waals surface area contributed by atoms with Gasteiger partial charge in [0.05, 0.1) is 26.4 Å². The molecule has 0 saturated carbocycles. The highest BCUT2D eigenvalue weighted by Crippen LogP contribution is 2.34. The number of hydrogen-bond donors (Lipinski definition) is 14. The zero-order valence-electron chi connectivity index (χ0n) is 23.5. The van der Waals surface area contributed by atoms with E-state index in [1.165, 1.54) is 0 Å². The average molecular weight is 667 g/mol. The summed E-state index contributed by atoms with van der Waals surface area (Å²) in [5.74, 6) is 0. The van der Waals surface area contributed by atoms with Crippen molar-refractivity contribution >= 4 is 0 Å². The van der Waals surface area contributed by atoms with Crippen LogP contribution >= 0.6 is 0 Å². The van der Waals surface area contributed by atoms with Gasteiger partial charge in [-0.3, -0.25) is 0 Å². The third kappa shape index (κ3) is 7.44. The smallest absolute Gasteiger partial charge is 0.187 e. The van der Waals surface area contributed by atoms with Crippen LogP contribution in [-0.2, 0) is 33.2 Å². The summed E-state index contributed by atoms with van der Waals surface area (Å²) in [6.07, 6.45) is -35.7. The molecule has 4 aliphatic heterocycles. The van der Waals surface area contributed by atoms with Crippen molar-refractivity contribution in [2.45, 2.75) is 123 Å². The summed E-state index contributed by atoms with van der Waals surface area (Å²) >= 11 is 0. The quantitative estimate of drug-likeness (QED) is 0.103. The zero-order chi connectivity index (χ0) is 33.3. The third-order valence-corrected chi connectivity index (χ3v) is 8.21. The van der Waals surface area contributed by atoms with Crippen LogP contribution in [0, 0.1) is 0 Å². The van der Waals surface area contributed by atoms with E-state index in [9.17, 15) is 71.5 Å². The van der Waals surface area contributed by atoms with Gasteiger partial charge in [0, 0.05) is 0 Å². The highest BCUT2D eigenvalue weighted by Gasteiger charge is 2.55. The van der Waals surface area contributed by atoms with Gasteiger partial charge in [-0.15, -0.1) is 0 Å². The predicted octanol–water partition coefficient (Wildman–Crippen LogP) is -9.75. The Hall–Kier alpha value is -0.840. The van der Waals surface area contributed by atoms with E-state index < -0.39 is 149 Å². The van der Waals surface area contributed by atoms with Crippen molar-refractivity contribution in [2.24, 2.45) is 0 Å². The maximum absolute atomic E-state index is 11.0. The normalized spacial score (nSPS) is 52.9. The van der Waals surface area contributed by atoms with E-state index in [0.29, 0.717) is 0 Å². The van der Waals surface area contributed by atoms with Gasteiger partial charge in [-0.2, -0.15) is 0 Å². The molecule has 21 nitrogen and oxygen atoms in total. The van der Waals surface area contributed by atoms with Gasteiger partial charge in [-0.05, 0) is 0 Å². The molecule has 45 heavy (non-hydrogen) atoms. The number of aliphatic hydroxyl groups excluding tert-OH is 14. The molecule has 14 N–H and O–H groups in total. The van der Waals surface area contributed by atoms with Crippen LogP contribution in [0.5, 0.6) is 0 Å². The van der Waals surface area contributed by atoms with Gasteiger partial charge >= 0.3 is 0 Å². The van der Waals surface area contributed by atoms with Crippen LogP contribution in [0.1, 0.15) is 0 Å². The third-order valence-electron chi connectivity index (χ3n) is 8.21. The second-order valence-electron chi connectivity index (χ2n) is 11.1. The fourth-order valence-electron chi connectivity index (χ4n) is 5.53. The lowest BCUT2D eigenvalue weighted by molar-refractivity contribution is -0.388. The van der Waals surface area contributed by atoms with Crippen molar-refractivity contribution in [1.82, 2.24) is 0 Å². The van der Waals surface area contributed by atoms with Crippen LogP contribution in [-0.4, -0.2) is 221 Å². The lowest BCUT2D eigenvalue weighted by atomic mass is 9.95. The number of aliphatic hydroxyl groups is 14. The minimum absolute atomic E-state index is 0.787. The zero-order valence-corrected chi connectivity index (χ0v) is 23.5. The van der Waals surface area contributed by atoms with Crippen molar-refractivity contribution in [3.05, 3.63) is 0 Å². The highest BCUT2D eigenvalue weighted by molar-refractivity contribution is 4.97. The van der Waals surface area contributed by atoms with E-state index >= 15 is 0 Å². The number of hydrogen-bond acceptors (Lipinski definition) is 21. The Morgan fingerprint density at radius 1 is 0.333 bits per heavy atom. The Balaban J connectivity index is 1.48. The van der Waals surface area contributed by atoms with Crippen molar-refractivity contribution < 1.29 is 105 Å². The fourth-order valence-corrected chi connectivity index (χ4v) is 5.53. The highest BCUT2D eigenvalue weighted by atomic mass is 16.8. The maximum atomic E-state index is 11.0. The molecule has 0 bridgehead atoms. The first-order valence-corrected chi connectivity index (χ1v) is 14.1. The second kappa shape index (κ2) is 15.6. The maximum Gasteiger partial charge on any atom is 0.187 e. The van der Waals surface area contributed by atoms with Crippen LogP contribution < -0.4 is 0 Å². The molecular weight excluding hydrogens is 624 g/mol. The molecule has 264 valence electrons. The summed E-state index contributed by atoms with van der Waals surface area (Å²) in [7, 11) is 0. The van der Waals surface area contributed by atoms with Gasteiger partial charge in [0.15, 0.2) is 25.2 Å². The van der Waals surface area contributed by atoms with Crippen LogP contribution in [0.4, 0.5) is 0 Å². The Labute approximate surface area is 254 Å². The molecule has 21 heteroatoms. The Bertz CT molecular complexity index is 914. The van der Waals surface area contributed by atoms with Gasteiger partial charge in [-0.25, -0.2) is 0 Å². The first-order chi connectivity index (χ1) is 21.3. The second-order valence-corrected chi connectivity index (χ2v) is 11.1. The topological polar surface area (TPSA) is 348 Å². The van der Waals surface area contributed by atoms with Crippen molar-refractivity contribution in [1.29, 1.82) is 0 Å². The lowest BCUT2D eigenvalue weighted by Gasteiger charge is -2.49. The lowest BCUT2D eigenvalue weighted by Crippen LogP contribution is -2.67. The van der Waals surface area contributed by atoms with Crippen LogP contribution in [0.25, 0.3) is 0 Å². The summed E-state index contributed by atoms with van der Waals surface area (Å²) in [4.78, 5) is 0. The van der Waals surface area contributed by atoms with Gasteiger partial charge in [0.25, 0.3) is 0 Å². The summed E-state index contributed by atoms with van der Waals surface area (Å²) < 4.78 is 37.5. The predicted molar refractivity (Wildman–Crippen MR) is 134 cm³/mol. The molecule has 1 unspecified atom stereocenters. The van der Waals surface area contributed by atoms with E-state index in [2.05, 4.69) is 0 Å². The van der Waals surface area contributed by atoms with Crippen molar-refractivity contribution in [3.63, 3.8) is 0 Å². The van der Waals surface area contributed by atoms with E-state index in [4.69, 9.17) is 33.2 Å². The first-order valence-electron chi connectivity index (χ1n) is 14.1. The van der Waals surface area contributed by atoms with E-state index in [-0.39, 0.29) is 0 Å². The molecule has 0 spiro atoms. The summed E-state index contributed by atoms with van der Waals surface area (Å²) in [6.45, 7) is -3.40. The molecule has 0 radical (unpaired) electrons. The van der Waals surface area contributed by atoms with Crippen LogP contribution in [0.15, 0.2) is 0 Å². The molecule has 4 rings (SSSR count). The summed E-state index contributed by atoms with van der Waals surface area (Å²) in [5.41, 5.74) is 0. The van der Waals surface area contributed by atoms with Gasteiger partial charge in [0.1, 0.15) is 97.7 Å².